The second kappa shape index (κ2) is 9.43. The summed E-state index contributed by atoms with van der Waals surface area (Å²) in [6.07, 6.45) is 0. The quantitative estimate of drug-likeness (QED) is 0.360. The summed E-state index contributed by atoms with van der Waals surface area (Å²) in [6.45, 7) is 7.24. The van der Waals surface area contributed by atoms with Crippen LogP contribution in [0.5, 0.6) is 11.5 Å². The highest BCUT2D eigenvalue weighted by atomic mass is 32.1. The first-order chi connectivity index (χ1) is 16.9. The van der Waals surface area contributed by atoms with Crippen molar-refractivity contribution in [2.24, 2.45) is 0 Å². The van der Waals surface area contributed by atoms with Crippen LogP contribution in [0.1, 0.15) is 27.8 Å². The number of hydrogen-bond acceptors (Lipinski definition) is 4. The van der Waals surface area contributed by atoms with Crippen molar-refractivity contribution in [3.8, 4) is 11.5 Å². The van der Waals surface area contributed by atoms with Gasteiger partial charge in [0.2, 0.25) is 6.79 Å². The Morgan fingerprint density at radius 1 is 0.943 bits per heavy atom. The Bertz CT molecular complexity index is 1480. The zero-order valence-electron chi connectivity index (χ0n) is 20.0. The lowest BCUT2D eigenvalue weighted by Crippen LogP contribution is -2.35. The van der Waals surface area contributed by atoms with E-state index < -0.39 is 0 Å². The highest BCUT2D eigenvalue weighted by Gasteiger charge is 2.18. The van der Waals surface area contributed by atoms with Crippen molar-refractivity contribution in [1.82, 2.24) is 9.88 Å². The fourth-order valence-electron chi connectivity index (χ4n) is 4.14. The number of nitrogens with one attached hydrogen (secondary N) is 2. The number of pyridine rings is 1. The molecule has 0 unspecified atom stereocenters. The van der Waals surface area contributed by atoms with Crippen LogP contribution in [0, 0.1) is 20.8 Å². The molecule has 6 nitrogen and oxygen atoms in total. The monoisotopic (exact) mass is 485 g/mol. The molecule has 0 bridgehead atoms. The van der Waals surface area contributed by atoms with Gasteiger partial charge in [-0.15, -0.1) is 0 Å². The van der Waals surface area contributed by atoms with Crippen molar-refractivity contribution in [2.75, 3.05) is 12.1 Å². The minimum absolute atomic E-state index is 0.116. The maximum absolute atomic E-state index is 13.0. The van der Waals surface area contributed by atoms with Crippen molar-refractivity contribution < 1.29 is 9.47 Å². The average Bonchev–Trinajstić information content (AvgIpc) is 3.30. The van der Waals surface area contributed by atoms with Gasteiger partial charge in [0.05, 0.1) is 6.54 Å². The second-order valence-electron chi connectivity index (χ2n) is 8.99. The molecule has 0 amide bonds. The summed E-state index contributed by atoms with van der Waals surface area (Å²) in [6, 6.07) is 20.0. The van der Waals surface area contributed by atoms with Gasteiger partial charge in [-0.1, -0.05) is 23.8 Å². The first-order valence-electron chi connectivity index (χ1n) is 11.5. The van der Waals surface area contributed by atoms with E-state index in [0.29, 0.717) is 29.5 Å². The summed E-state index contributed by atoms with van der Waals surface area (Å²) in [5.74, 6) is 1.45. The summed E-state index contributed by atoms with van der Waals surface area (Å²) >= 11 is 5.81. The zero-order valence-corrected chi connectivity index (χ0v) is 20.8. The number of fused-ring (bicyclic) bond motifs is 2. The molecule has 0 radical (unpaired) electrons. The molecular formula is C28H27N3O3S. The molecule has 0 aliphatic carbocycles. The predicted molar refractivity (Wildman–Crippen MR) is 143 cm³/mol. The molecule has 2 heterocycles. The fourth-order valence-corrected chi connectivity index (χ4v) is 4.39. The third kappa shape index (κ3) is 5.00. The second-order valence-corrected chi connectivity index (χ2v) is 9.37. The van der Waals surface area contributed by atoms with E-state index in [2.05, 4.69) is 23.3 Å². The molecular weight excluding hydrogens is 458 g/mol. The number of hydrogen-bond donors (Lipinski definition) is 2. The highest BCUT2D eigenvalue weighted by molar-refractivity contribution is 7.80. The molecule has 0 fully saturated rings. The van der Waals surface area contributed by atoms with E-state index in [1.807, 2.05) is 73.3 Å². The number of ether oxygens (including phenoxy) is 2. The molecule has 0 spiro atoms. The van der Waals surface area contributed by atoms with E-state index in [-0.39, 0.29) is 12.4 Å². The lowest BCUT2D eigenvalue weighted by molar-refractivity contribution is 0.174. The average molecular weight is 486 g/mol. The van der Waals surface area contributed by atoms with Gasteiger partial charge in [-0.25, -0.2) is 0 Å². The smallest absolute Gasteiger partial charge is 0.253 e. The number of thiocarbonyl (C=S) groups is 1. The minimum atomic E-state index is -0.116. The first-order valence-corrected chi connectivity index (χ1v) is 11.9. The molecule has 4 aromatic rings. The van der Waals surface area contributed by atoms with Crippen molar-refractivity contribution in [3.05, 3.63) is 98.8 Å². The summed E-state index contributed by atoms with van der Waals surface area (Å²) in [5.41, 5.74) is 6.78. The van der Waals surface area contributed by atoms with Crippen molar-refractivity contribution in [3.63, 3.8) is 0 Å². The highest BCUT2D eigenvalue weighted by Crippen LogP contribution is 2.33. The summed E-state index contributed by atoms with van der Waals surface area (Å²) in [7, 11) is 0. The Balaban J connectivity index is 1.47. The first kappa shape index (κ1) is 22.9. The molecule has 35 heavy (non-hydrogen) atoms. The zero-order chi connectivity index (χ0) is 24.5. The van der Waals surface area contributed by atoms with Crippen LogP contribution in [0.25, 0.3) is 10.9 Å². The number of aromatic amines is 1. The van der Waals surface area contributed by atoms with Gasteiger partial charge >= 0.3 is 0 Å². The van der Waals surface area contributed by atoms with Crippen molar-refractivity contribution in [2.45, 2.75) is 33.9 Å². The van der Waals surface area contributed by atoms with Gasteiger partial charge in [0.25, 0.3) is 5.56 Å². The standard InChI is InChI=1S/C28H27N3O3S/c1-17-4-7-23(8-5-17)29-28(35)31(14-20-6-9-25-26(12-20)34-16-33-25)15-22-13-21-10-18(2)19(3)11-24(21)30-27(22)32/h4-13H,14-16H2,1-3H3,(H,29,35)(H,30,32). The van der Waals surface area contributed by atoms with Gasteiger partial charge in [-0.2, -0.15) is 0 Å². The normalized spacial score (nSPS) is 12.1. The number of rotatable bonds is 5. The van der Waals surface area contributed by atoms with Gasteiger partial charge in [0.15, 0.2) is 16.6 Å². The van der Waals surface area contributed by atoms with E-state index in [0.717, 1.165) is 33.5 Å². The van der Waals surface area contributed by atoms with E-state index in [1.165, 1.54) is 11.1 Å². The van der Waals surface area contributed by atoms with E-state index in [1.54, 1.807) is 0 Å². The van der Waals surface area contributed by atoms with Gasteiger partial charge in [0.1, 0.15) is 0 Å². The molecule has 1 aromatic heterocycles. The Kier molecular flexibility index (Phi) is 6.17. The van der Waals surface area contributed by atoms with Crippen LogP contribution in [0.3, 0.4) is 0 Å². The van der Waals surface area contributed by atoms with E-state index in [4.69, 9.17) is 21.7 Å². The Hall–Kier alpha value is -3.84. The molecule has 5 rings (SSSR count). The van der Waals surface area contributed by atoms with Crippen molar-refractivity contribution >= 4 is 33.9 Å². The third-order valence-corrected chi connectivity index (χ3v) is 6.66. The summed E-state index contributed by atoms with van der Waals surface area (Å²) < 4.78 is 11.0. The Morgan fingerprint density at radius 2 is 1.69 bits per heavy atom. The number of H-pyrrole nitrogens is 1. The van der Waals surface area contributed by atoms with Gasteiger partial charge in [0, 0.05) is 23.3 Å². The van der Waals surface area contributed by atoms with Gasteiger partial charge in [-0.3, -0.25) is 4.79 Å². The number of benzene rings is 3. The molecule has 0 atom stereocenters. The molecule has 2 N–H and O–H groups in total. The molecule has 3 aromatic carbocycles. The molecule has 1 aliphatic heterocycles. The van der Waals surface area contributed by atoms with Crippen LogP contribution < -0.4 is 20.3 Å². The third-order valence-electron chi connectivity index (χ3n) is 6.30. The molecule has 178 valence electrons. The number of anilines is 1. The van der Waals surface area contributed by atoms with Gasteiger partial charge in [-0.05, 0) is 97.5 Å². The van der Waals surface area contributed by atoms with E-state index in [9.17, 15) is 4.79 Å². The fraction of sp³-hybridized carbons (Fsp3) is 0.214. The topological polar surface area (TPSA) is 66.6 Å². The molecule has 1 aliphatic rings. The lowest BCUT2D eigenvalue weighted by Gasteiger charge is -2.26. The predicted octanol–water partition coefficient (Wildman–Crippen LogP) is 5.58. The van der Waals surface area contributed by atoms with Crippen LogP contribution in [-0.2, 0) is 13.1 Å². The summed E-state index contributed by atoms with van der Waals surface area (Å²) in [5, 5.41) is 4.86. The van der Waals surface area contributed by atoms with Crippen LogP contribution in [-0.4, -0.2) is 21.8 Å². The lowest BCUT2D eigenvalue weighted by atomic mass is 10.0. The Labute approximate surface area is 209 Å². The van der Waals surface area contributed by atoms with Crippen LogP contribution in [0.15, 0.2) is 65.5 Å². The SMILES string of the molecule is Cc1ccc(NC(=S)N(Cc2ccc3c(c2)OCO3)Cc2cc3cc(C)c(C)cc3[nH]c2=O)cc1. The van der Waals surface area contributed by atoms with Gasteiger partial charge < -0.3 is 24.7 Å². The van der Waals surface area contributed by atoms with Crippen LogP contribution >= 0.6 is 12.2 Å². The minimum Gasteiger partial charge on any atom is -0.454 e. The maximum atomic E-state index is 13.0. The number of aryl methyl sites for hydroxylation is 3. The molecule has 7 heteroatoms. The maximum Gasteiger partial charge on any atom is 0.253 e. The number of nitrogens with zero attached hydrogens (tertiary/aromatic N) is 1. The molecule has 0 saturated heterocycles. The van der Waals surface area contributed by atoms with Crippen LogP contribution in [0.4, 0.5) is 5.69 Å². The largest absolute Gasteiger partial charge is 0.454 e. The molecule has 0 saturated carbocycles. The number of aromatic nitrogens is 1. The van der Waals surface area contributed by atoms with Crippen molar-refractivity contribution in [1.29, 1.82) is 0 Å². The summed E-state index contributed by atoms with van der Waals surface area (Å²) in [4.78, 5) is 18.0. The van der Waals surface area contributed by atoms with E-state index >= 15 is 0 Å². The Morgan fingerprint density at radius 3 is 2.49 bits per heavy atom. The van der Waals surface area contributed by atoms with Crippen LogP contribution in [0.2, 0.25) is 0 Å².